The normalized spacial score (nSPS) is 12.2. The second kappa shape index (κ2) is 7.01. The first kappa shape index (κ1) is 13.6. The lowest BCUT2D eigenvalue weighted by Gasteiger charge is -2.10. The van der Waals surface area contributed by atoms with Crippen molar-refractivity contribution in [1.82, 2.24) is 10.3 Å². The van der Waals surface area contributed by atoms with E-state index in [0.29, 0.717) is 24.5 Å². The monoisotopic (exact) mass is 236 g/mol. The van der Waals surface area contributed by atoms with E-state index in [0.717, 1.165) is 6.42 Å². The molecule has 1 aromatic rings. The molecule has 0 aliphatic rings. The molecular weight excluding hydrogens is 216 g/mol. The van der Waals surface area contributed by atoms with Crippen molar-refractivity contribution in [2.75, 3.05) is 20.2 Å². The van der Waals surface area contributed by atoms with Crippen molar-refractivity contribution in [3.63, 3.8) is 0 Å². The molecule has 0 aromatic carbocycles. The topological polar surface area (TPSA) is 51.2 Å². The summed E-state index contributed by atoms with van der Waals surface area (Å²) in [5, 5.41) is 2.99. The molecule has 0 spiro atoms. The molecule has 0 amide bonds. The molecule has 0 saturated heterocycles. The lowest BCUT2D eigenvalue weighted by Crippen LogP contribution is -2.23. The van der Waals surface area contributed by atoms with Crippen molar-refractivity contribution < 1.29 is 9.53 Å². The van der Waals surface area contributed by atoms with E-state index in [4.69, 9.17) is 4.74 Å². The number of carbonyl (C=O) groups excluding carboxylic acids is 1. The SMILES string of the molecule is CCCOc1cncc(C(=O)C(C)CNC)c1. The smallest absolute Gasteiger partial charge is 0.168 e. The molecule has 0 radical (unpaired) electrons. The van der Waals surface area contributed by atoms with Gasteiger partial charge in [-0.2, -0.15) is 0 Å². The molecular formula is C13H20N2O2. The minimum absolute atomic E-state index is 0.0526. The molecule has 0 bridgehead atoms. The standard InChI is InChI=1S/C13H20N2O2/c1-4-5-17-12-6-11(8-15-9-12)13(16)10(2)7-14-3/h6,8-10,14H,4-5,7H2,1-3H3. The Morgan fingerprint density at radius 2 is 2.29 bits per heavy atom. The number of nitrogens with one attached hydrogen (secondary N) is 1. The van der Waals surface area contributed by atoms with Crippen LogP contribution >= 0.6 is 0 Å². The lowest BCUT2D eigenvalue weighted by molar-refractivity contribution is 0.0929. The molecule has 4 heteroatoms. The summed E-state index contributed by atoms with van der Waals surface area (Å²) in [7, 11) is 1.84. The maximum atomic E-state index is 12.0. The van der Waals surface area contributed by atoms with Gasteiger partial charge in [-0.1, -0.05) is 13.8 Å². The van der Waals surface area contributed by atoms with Gasteiger partial charge in [-0.3, -0.25) is 9.78 Å². The van der Waals surface area contributed by atoms with Crippen LogP contribution in [0.3, 0.4) is 0 Å². The van der Waals surface area contributed by atoms with Gasteiger partial charge in [0.05, 0.1) is 12.8 Å². The predicted molar refractivity (Wildman–Crippen MR) is 67.4 cm³/mol. The quantitative estimate of drug-likeness (QED) is 0.735. The number of Topliss-reactive ketones (excluding diaryl/α,β-unsaturated/α-hetero) is 1. The largest absolute Gasteiger partial charge is 0.492 e. The first-order chi connectivity index (χ1) is 8.19. The van der Waals surface area contributed by atoms with Gasteiger partial charge in [-0.15, -0.1) is 0 Å². The molecule has 0 aliphatic carbocycles. The zero-order valence-corrected chi connectivity index (χ0v) is 10.7. The highest BCUT2D eigenvalue weighted by atomic mass is 16.5. The third kappa shape index (κ3) is 4.15. The van der Waals surface area contributed by atoms with Crippen molar-refractivity contribution in [3.05, 3.63) is 24.0 Å². The number of hydrogen-bond donors (Lipinski definition) is 1. The number of ether oxygens (including phenoxy) is 1. The van der Waals surface area contributed by atoms with Gasteiger partial charge in [0.2, 0.25) is 0 Å². The molecule has 1 heterocycles. The molecule has 94 valence electrons. The van der Waals surface area contributed by atoms with Crippen LogP contribution < -0.4 is 10.1 Å². The summed E-state index contributed by atoms with van der Waals surface area (Å²) in [5.41, 5.74) is 0.612. The Morgan fingerprint density at radius 3 is 2.94 bits per heavy atom. The number of rotatable bonds is 7. The Balaban J connectivity index is 2.73. The van der Waals surface area contributed by atoms with E-state index < -0.39 is 0 Å². The molecule has 17 heavy (non-hydrogen) atoms. The Labute approximate surface area is 102 Å². The van der Waals surface area contributed by atoms with E-state index in [1.165, 1.54) is 0 Å². The van der Waals surface area contributed by atoms with Crippen LogP contribution in [0.5, 0.6) is 5.75 Å². The van der Waals surface area contributed by atoms with Crippen LogP contribution in [0.15, 0.2) is 18.5 Å². The highest BCUT2D eigenvalue weighted by Gasteiger charge is 2.15. The predicted octanol–water partition coefficient (Wildman–Crippen LogP) is 1.91. The van der Waals surface area contributed by atoms with Gasteiger partial charge >= 0.3 is 0 Å². The van der Waals surface area contributed by atoms with Crippen LogP contribution in [0, 0.1) is 5.92 Å². The fraction of sp³-hybridized carbons (Fsp3) is 0.538. The van der Waals surface area contributed by atoms with E-state index in [1.807, 2.05) is 20.9 Å². The van der Waals surface area contributed by atoms with Crippen LogP contribution in [0.1, 0.15) is 30.6 Å². The van der Waals surface area contributed by atoms with E-state index in [2.05, 4.69) is 10.3 Å². The molecule has 0 saturated carbocycles. The number of hydrogen-bond acceptors (Lipinski definition) is 4. The summed E-state index contributed by atoms with van der Waals surface area (Å²) in [6.45, 7) is 5.25. The van der Waals surface area contributed by atoms with E-state index in [-0.39, 0.29) is 11.7 Å². The summed E-state index contributed by atoms with van der Waals surface area (Å²) in [6.07, 6.45) is 4.16. The number of aromatic nitrogens is 1. The van der Waals surface area contributed by atoms with Gasteiger partial charge in [0.15, 0.2) is 5.78 Å². The van der Waals surface area contributed by atoms with Crippen molar-refractivity contribution in [2.45, 2.75) is 20.3 Å². The second-order valence-corrected chi connectivity index (χ2v) is 4.08. The first-order valence-electron chi connectivity index (χ1n) is 5.95. The maximum Gasteiger partial charge on any atom is 0.168 e. The lowest BCUT2D eigenvalue weighted by atomic mass is 10.0. The number of pyridine rings is 1. The molecule has 1 atom stereocenters. The molecule has 0 aliphatic heterocycles. The molecule has 0 fully saturated rings. The van der Waals surface area contributed by atoms with Gasteiger partial charge < -0.3 is 10.1 Å². The van der Waals surface area contributed by atoms with Crippen LogP contribution in [0.4, 0.5) is 0 Å². The van der Waals surface area contributed by atoms with Gasteiger partial charge in [0.1, 0.15) is 5.75 Å². The minimum atomic E-state index is -0.0526. The third-order valence-electron chi connectivity index (χ3n) is 2.43. The molecule has 1 rings (SSSR count). The highest BCUT2D eigenvalue weighted by Crippen LogP contribution is 2.14. The Hall–Kier alpha value is -1.42. The van der Waals surface area contributed by atoms with Crippen LogP contribution in [-0.2, 0) is 0 Å². The van der Waals surface area contributed by atoms with Gasteiger partial charge in [-0.05, 0) is 19.5 Å². The van der Waals surface area contributed by atoms with E-state index >= 15 is 0 Å². The van der Waals surface area contributed by atoms with Gasteiger partial charge in [-0.25, -0.2) is 0 Å². The van der Waals surface area contributed by atoms with Gasteiger partial charge in [0, 0.05) is 24.2 Å². The van der Waals surface area contributed by atoms with Crippen molar-refractivity contribution >= 4 is 5.78 Å². The Bertz CT molecular complexity index is 366. The van der Waals surface area contributed by atoms with Crippen LogP contribution in [0.25, 0.3) is 0 Å². The summed E-state index contributed by atoms with van der Waals surface area (Å²) >= 11 is 0. The summed E-state index contributed by atoms with van der Waals surface area (Å²) in [4.78, 5) is 16.1. The van der Waals surface area contributed by atoms with E-state index in [1.54, 1.807) is 18.5 Å². The molecule has 1 N–H and O–H groups in total. The van der Waals surface area contributed by atoms with Crippen LogP contribution in [-0.4, -0.2) is 31.0 Å². The highest BCUT2D eigenvalue weighted by molar-refractivity contribution is 5.97. The van der Waals surface area contributed by atoms with Crippen molar-refractivity contribution in [3.8, 4) is 5.75 Å². The zero-order valence-electron chi connectivity index (χ0n) is 10.7. The average molecular weight is 236 g/mol. The van der Waals surface area contributed by atoms with E-state index in [9.17, 15) is 4.79 Å². The first-order valence-corrected chi connectivity index (χ1v) is 5.95. The zero-order chi connectivity index (χ0) is 12.7. The molecule has 4 nitrogen and oxygen atoms in total. The number of nitrogens with zero attached hydrogens (tertiary/aromatic N) is 1. The number of ketones is 1. The fourth-order valence-corrected chi connectivity index (χ4v) is 1.54. The summed E-state index contributed by atoms with van der Waals surface area (Å²) < 4.78 is 5.46. The van der Waals surface area contributed by atoms with Crippen molar-refractivity contribution in [2.24, 2.45) is 5.92 Å². The fourth-order valence-electron chi connectivity index (χ4n) is 1.54. The third-order valence-corrected chi connectivity index (χ3v) is 2.43. The molecule has 1 aromatic heterocycles. The summed E-state index contributed by atoms with van der Waals surface area (Å²) in [6, 6.07) is 1.76. The molecule has 1 unspecified atom stereocenters. The second-order valence-electron chi connectivity index (χ2n) is 4.08. The Kier molecular flexibility index (Phi) is 5.63. The average Bonchev–Trinajstić information content (AvgIpc) is 2.36. The number of carbonyl (C=O) groups is 1. The Morgan fingerprint density at radius 1 is 1.53 bits per heavy atom. The van der Waals surface area contributed by atoms with Crippen molar-refractivity contribution in [1.29, 1.82) is 0 Å². The van der Waals surface area contributed by atoms with Crippen LogP contribution in [0.2, 0.25) is 0 Å². The van der Waals surface area contributed by atoms with Gasteiger partial charge in [0.25, 0.3) is 0 Å². The maximum absolute atomic E-state index is 12.0. The minimum Gasteiger partial charge on any atom is -0.492 e. The summed E-state index contributed by atoms with van der Waals surface area (Å²) in [5.74, 6) is 0.700.